The third-order valence-electron chi connectivity index (χ3n) is 11.0. The quantitative estimate of drug-likeness (QED) is 0.462. The highest BCUT2D eigenvalue weighted by atomic mass is 32.2. The molecule has 202 valence electrons. The molecule has 0 aromatic carbocycles. The average Bonchev–Trinajstić information content (AvgIpc) is 2.86. The van der Waals surface area contributed by atoms with Gasteiger partial charge in [0.1, 0.15) is 0 Å². The molecule has 5 nitrogen and oxygen atoms in total. The van der Waals surface area contributed by atoms with E-state index in [4.69, 9.17) is 4.74 Å². The molecular weight excluding hydrogens is 456 g/mol. The molecule has 0 bridgehead atoms. The summed E-state index contributed by atoms with van der Waals surface area (Å²) in [4.78, 5) is 2.65. The maximum Gasteiger partial charge on any atom is 0.217 e. The highest BCUT2D eigenvalue weighted by molar-refractivity contribution is 7.89. The van der Waals surface area contributed by atoms with Gasteiger partial charge in [0, 0.05) is 32.3 Å². The largest absolute Gasteiger partial charge is 0.383 e. The van der Waals surface area contributed by atoms with Crippen LogP contribution in [0, 0.1) is 29.6 Å². The Hall–Kier alpha value is -0.170. The molecule has 0 amide bonds. The van der Waals surface area contributed by atoms with E-state index in [-0.39, 0.29) is 5.25 Å². The number of ether oxygens (including phenoxy) is 1. The smallest absolute Gasteiger partial charge is 0.217 e. The van der Waals surface area contributed by atoms with E-state index < -0.39 is 10.0 Å². The van der Waals surface area contributed by atoms with Crippen LogP contribution in [0.1, 0.15) is 103 Å². The zero-order valence-electron chi connectivity index (χ0n) is 22.6. The van der Waals surface area contributed by atoms with Crippen molar-refractivity contribution in [1.82, 2.24) is 9.21 Å². The molecule has 3 saturated carbocycles. The highest BCUT2D eigenvalue weighted by Crippen LogP contribution is 2.48. The van der Waals surface area contributed by atoms with Crippen molar-refractivity contribution in [2.24, 2.45) is 29.6 Å². The second-order valence-electron chi connectivity index (χ2n) is 12.9. The summed E-state index contributed by atoms with van der Waals surface area (Å²) >= 11 is 0. The first-order chi connectivity index (χ1) is 17.0. The summed E-state index contributed by atoms with van der Waals surface area (Å²) in [6.07, 6.45) is 19.1. The normalized spacial score (nSPS) is 40.9. The van der Waals surface area contributed by atoms with E-state index in [0.29, 0.717) is 23.9 Å². The molecule has 3 aliphatic carbocycles. The van der Waals surface area contributed by atoms with Gasteiger partial charge in [0.15, 0.2) is 0 Å². The van der Waals surface area contributed by atoms with E-state index >= 15 is 0 Å². The fraction of sp³-hybridized carbons (Fsp3) is 1.00. The van der Waals surface area contributed by atoms with Crippen molar-refractivity contribution in [2.45, 2.75) is 121 Å². The fourth-order valence-electron chi connectivity index (χ4n) is 9.04. The Balaban J connectivity index is 1.29. The molecule has 5 rings (SSSR count). The van der Waals surface area contributed by atoms with Gasteiger partial charge in [-0.2, -0.15) is 0 Å². The number of nitrogens with zero attached hydrogens (tertiary/aromatic N) is 2. The number of fused-ring (bicyclic) bond motifs is 1. The van der Waals surface area contributed by atoms with Gasteiger partial charge in [-0.05, 0) is 87.5 Å². The third-order valence-corrected chi connectivity index (χ3v) is 13.5. The van der Waals surface area contributed by atoms with Crippen LogP contribution in [0.3, 0.4) is 0 Å². The molecular formula is C29H52N2O3S. The van der Waals surface area contributed by atoms with Crippen LogP contribution in [0.15, 0.2) is 0 Å². The van der Waals surface area contributed by atoms with Gasteiger partial charge in [0.2, 0.25) is 10.0 Å². The Bertz CT molecular complexity index is 775. The van der Waals surface area contributed by atoms with Gasteiger partial charge in [-0.1, -0.05) is 51.9 Å². The molecule has 0 aromatic rings. The van der Waals surface area contributed by atoms with Crippen molar-refractivity contribution in [3.8, 4) is 0 Å². The third kappa shape index (κ3) is 5.52. The number of sulfonamides is 1. The minimum atomic E-state index is -3.23. The molecule has 6 heteroatoms. The minimum absolute atomic E-state index is 0.164. The molecule has 2 saturated heterocycles. The first-order valence-corrected chi connectivity index (χ1v) is 16.7. The van der Waals surface area contributed by atoms with Gasteiger partial charge in [0.25, 0.3) is 0 Å². The van der Waals surface area contributed by atoms with Gasteiger partial charge >= 0.3 is 0 Å². The SMILES string of the molecule is COC[C@@H]1[C@@H](C2CCC(C3CCCCC3)CC2)C2CN(S(=O)(=O)C3CCCCC3C)CCCCN21. The Kier molecular flexibility index (Phi) is 8.84. The lowest BCUT2D eigenvalue weighted by Crippen LogP contribution is -2.71. The van der Waals surface area contributed by atoms with E-state index in [2.05, 4.69) is 11.8 Å². The van der Waals surface area contributed by atoms with Crippen LogP contribution in [-0.4, -0.2) is 68.3 Å². The summed E-state index contributed by atoms with van der Waals surface area (Å²) in [5.41, 5.74) is 0. The average molecular weight is 509 g/mol. The summed E-state index contributed by atoms with van der Waals surface area (Å²) in [6, 6.07) is 0.873. The van der Waals surface area contributed by atoms with Crippen LogP contribution in [-0.2, 0) is 14.8 Å². The maximum atomic E-state index is 13.9. The van der Waals surface area contributed by atoms with Gasteiger partial charge in [-0.25, -0.2) is 12.7 Å². The van der Waals surface area contributed by atoms with Gasteiger partial charge < -0.3 is 4.74 Å². The molecule has 0 aromatic heterocycles. The first kappa shape index (κ1) is 26.4. The molecule has 2 heterocycles. The van der Waals surface area contributed by atoms with Crippen LogP contribution in [0.2, 0.25) is 0 Å². The van der Waals surface area contributed by atoms with Crippen LogP contribution in [0.5, 0.6) is 0 Å². The van der Waals surface area contributed by atoms with Gasteiger partial charge in [-0.15, -0.1) is 0 Å². The molecule has 2 aliphatic heterocycles. The Labute approximate surface area is 215 Å². The Morgan fingerprint density at radius 2 is 1.37 bits per heavy atom. The zero-order chi connectivity index (χ0) is 24.4. The summed E-state index contributed by atoms with van der Waals surface area (Å²) in [6.45, 7) is 5.53. The number of methoxy groups -OCH3 is 1. The molecule has 0 N–H and O–H groups in total. The monoisotopic (exact) mass is 508 g/mol. The predicted molar refractivity (Wildman–Crippen MR) is 143 cm³/mol. The van der Waals surface area contributed by atoms with Crippen molar-refractivity contribution in [3.63, 3.8) is 0 Å². The molecule has 0 radical (unpaired) electrons. The topological polar surface area (TPSA) is 49.9 Å². The lowest BCUT2D eigenvalue weighted by atomic mass is 9.63. The van der Waals surface area contributed by atoms with E-state index in [9.17, 15) is 8.42 Å². The van der Waals surface area contributed by atoms with E-state index in [1.54, 1.807) is 0 Å². The summed E-state index contributed by atoms with van der Waals surface area (Å²) in [7, 11) is -1.39. The van der Waals surface area contributed by atoms with Gasteiger partial charge in [-0.3, -0.25) is 4.90 Å². The predicted octanol–water partition coefficient (Wildman–Crippen LogP) is 5.69. The zero-order valence-corrected chi connectivity index (χ0v) is 23.4. The van der Waals surface area contributed by atoms with Crippen molar-refractivity contribution in [2.75, 3.05) is 33.4 Å². The number of rotatable bonds is 6. The van der Waals surface area contributed by atoms with Crippen LogP contribution < -0.4 is 0 Å². The van der Waals surface area contributed by atoms with Crippen molar-refractivity contribution in [1.29, 1.82) is 0 Å². The lowest BCUT2D eigenvalue weighted by molar-refractivity contribution is -0.128. The van der Waals surface area contributed by atoms with E-state index in [1.807, 2.05) is 11.4 Å². The number of hydrogen-bond donors (Lipinski definition) is 0. The Morgan fingerprint density at radius 3 is 2.09 bits per heavy atom. The lowest BCUT2D eigenvalue weighted by Gasteiger charge is -2.60. The minimum Gasteiger partial charge on any atom is -0.383 e. The first-order valence-electron chi connectivity index (χ1n) is 15.2. The molecule has 0 spiro atoms. The van der Waals surface area contributed by atoms with Crippen molar-refractivity contribution in [3.05, 3.63) is 0 Å². The van der Waals surface area contributed by atoms with Crippen LogP contribution in [0.4, 0.5) is 0 Å². The van der Waals surface area contributed by atoms with Gasteiger partial charge in [0.05, 0.1) is 11.9 Å². The van der Waals surface area contributed by atoms with Crippen molar-refractivity contribution >= 4 is 10.0 Å². The van der Waals surface area contributed by atoms with Crippen molar-refractivity contribution < 1.29 is 13.2 Å². The van der Waals surface area contributed by atoms with E-state index in [1.165, 1.54) is 64.2 Å². The Morgan fingerprint density at radius 1 is 0.743 bits per heavy atom. The second-order valence-corrected chi connectivity index (χ2v) is 15.0. The van der Waals surface area contributed by atoms with Crippen LogP contribution >= 0.6 is 0 Å². The fourth-order valence-corrected chi connectivity index (χ4v) is 11.4. The summed E-state index contributed by atoms with van der Waals surface area (Å²) in [5, 5.41) is -0.164. The molecule has 3 unspecified atom stereocenters. The van der Waals surface area contributed by atoms with Crippen LogP contribution in [0.25, 0.3) is 0 Å². The standard InChI is InChI=1S/C29H52N2O3S/c1-22-10-6-7-13-28(22)35(32,33)30-18-8-9-19-31-26(20-30)29(27(31)21-34-2)25-16-14-24(15-17-25)23-11-4-3-5-12-23/h22-29H,3-21H2,1-2H3/t22?,24?,25?,26?,27-,28?,29+/m1/s1. The maximum absolute atomic E-state index is 13.9. The second kappa shape index (κ2) is 11.7. The highest BCUT2D eigenvalue weighted by Gasteiger charge is 2.53. The number of hydrogen-bond acceptors (Lipinski definition) is 4. The summed E-state index contributed by atoms with van der Waals surface area (Å²) < 4.78 is 35.5. The van der Waals surface area contributed by atoms with E-state index in [0.717, 1.165) is 76.1 Å². The molecule has 35 heavy (non-hydrogen) atoms. The molecule has 5 atom stereocenters. The summed E-state index contributed by atoms with van der Waals surface area (Å²) in [5.74, 6) is 3.57. The molecule has 5 fully saturated rings. The molecule has 5 aliphatic rings.